The molecule has 18 heavy (non-hydrogen) atoms. The highest BCUT2D eigenvalue weighted by molar-refractivity contribution is 6.33. The molecule has 0 fully saturated rings. The van der Waals surface area contributed by atoms with Crippen molar-refractivity contribution in [2.45, 2.75) is 13.0 Å². The first kappa shape index (κ1) is 12.6. The first-order chi connectivity index (χ1) is 8.59. The van der Waals surface area contributed by atoms with Crippen LogP contribution in [0.1, 0.15) is 6.92 Å². The Bertz CT molecular complexity index is 551. The van der Waals surface area contributed by atoms with Gasteiger partial charge >= 0.3 is 0 Å². The number of halogens is 1. The van der Waals surface area contributed by atoms with E-state index in [1.54, 1.807) is 48.4 Å². The van der Waals surface area contributed by atoms with Gasteiger partial charge in [0.1, 0.15) is 0 Å². The maximum atomic E-state index is 11.6. The van der Waals surface area contributed by atoms with E-state index in [2.05, 4.69) is 10.3 Å². The number of para-hydroxylation sites is 1. The zero-order valence-electron chi connectivity index (χ0n) is 9.80. The summed E-state index contributed by atoms with van der Waals surface area (Å²) in [6, 6.07) is 4.69. The number of hydrogen-bond donors (Lipinski definition) is 2. The Balaban J connectivity index is 2.42. The number of amides is 1. The zero-order valence-corrected chi connectivity index (χ0v) is 10.6. The van der Waals surface area contributed by atoms with Gasteiger partial charge in [0.2, 0.25) is 5.91 Å². The molecule has 0 aliphatic carbocycles. The minimum atomic E-state index is -0.584. The second kappa shape index (κ2) is 5.20. The van der Waals surface area contributed by atoms with Crippen LogP contribution in [-0.2, 0) is 4.79 Å². The molecule has 0 aliphatic rings. The summed E-state index contributed by atoms with van der Waals surface area (Å²) in [6.07, 6.45) is 5.01. The Kier molecular flexibility index (Phi) is 3.64. The van der Waals surface area contributed by atoms with Crippen molar-refractivity contribution in [3.63, 3.8) is 0 Å². The quantitative estimate of drug-likeness (QED) is 0.888. The molecule has 0 bridgehead atoms. The molecule has 0 radical (unpaired) electrons. The summed E-state index contributed by atoms with van der Waals surface area (Å²) in [5.41, 5.74) is 6.80. The highest BCUT2D eigenvalue weighted by Gasteiger charge is 2.13. The van der Waals surface area contributed by atoms with Crippen LogP contribution in [0.5, 0.6) is 0 Å². The zero-order chi connectivity index (χ0) is 13.1. The Labute approximate surface area is 110 Å². The molecule has 0 saturated heterocycles. The van der Waals surface area contributed by atoms with Crippen molar-refractivity contribution < 1.29 is 4.79 Å². The van der Waals surface area contributed by atoms with Crippen molar-refractivity contribution in [3.8, 4) is 5.69 Å². The van der Waals surface area contributed by atoms with Gasteiger partial charge in [-0.1, -0.05) is 17.7 Å². The van der Waals surface area contributed by atoms with Crippen LogP contribution >= 0.6 is 11.6 Å². The summed E-state index contributed by atoms with van der Waals surface area (Å²) in [5.74, 6) is -0.265. The lowest BCUT2D eigenvalue weighted by Crippen LogP contribution is -2.32. The van der Waals surface area contributed by atoms with E-state index in [4.69, 9.17) is 17.3 Å². The lowest BCUT2D eigenvalue weighted by Gasteiger charge is -2.14. The molecule has 1 heterocycles. The van der Waals surface area contributed by atoms with E-state index >= 15 is 0 Å². The fraction of sp³-hybridized carbons (Fsp3) is 0.167. The Morgan fingerprint density at radius 2 is 2.33 bits per heavy atom. The minimum absolute atomic E-state index is 0.265. The SMILES string of the molecule is C[C@H](N)C(=O)Nc1cccc(Cl)c1-n1ccnc1. The van der Waals surface area contributed by atoms with Crippen LogP contribution in [0.2, 0.25) is 5.02 Å². The van der Waals surface area contributed by atoms with Gasteiger partial charge in [-0.25, -0.2) is 4.98 Å². The number of nitrogens with zero attached hydrogens (tertiary/aromatic N) is 2. The number of nitrogens with two attached hydrogens (primary N) is 1. The lowest BCUT2D eigenvalue weighted by molar-refractivity contribution is -0.117. The molecule has 1 atom stereocenters. The summed E-state index contributed by atoms with van der Waals surface area (Å²) in [5, 5.41) is 3.27. The third kappa shape index (κ3) is 2.52. The standard InChI is InChI=1S/C12H13ClN4O/c1-8(14)12(18)16-10-4-2-3-9(13)11(10)17-6-5-15-7-17/h2-8H,14H2,1H3,(H,16,18)/t8-/m0/s1. The molecule has 0 saturated carbocycles. The molecule has 2 rings (SSSR count). The van der Waals surface area contributed by atoms with E-state index in [9.17, 15) is 4.79 Å². The van der Waals surface area contributed by atoms with Gasteiger partial charge in [0.15, 0.2) is 0 Å². The molecule has 6 heteroatoms. The molecular weight excluding hydrogens is 252 g/mol. The average Bonchev–Trinajstić information content (AvgIpc) is 2.82. The van der Waals surface area contributed by atoms with Gasteiger partial charge in [-0.15, -0.1) is 0 Å². The van der Waals surface area contributed by atoms with Gasteiger partial charge in [-0.05, 0) is 19.1 Å². The van der Waals surface area contributed by atoms with E-state index < -0.39 is 6.04 Å². The molecule has 1 aromatic heterocycles. The van der Waals surface area contributed by atoms with E-state index in [1.165, 1.54) is 0 Å². The Hall–Kier alpha value is -1.85. The molecule has 0 spiro atoms. The van der Waals surface area contributed by atoms with Crippen LogP contribution in [0, 0.1) is 0 Å². The van der Waals surface area contributed by atoms with Crippen molar-refractivity contribution in [1.82, 2.24) is 9.55 Å². The van der Waals surface area contributed by atoms with Gasteiger partial charge in [-0.3, -0.25) is 4.79 Å². The van der Waals surface area contributed by atoms with Crippen LogP contribution in [0.15, 0.2) is 36.9 Å². The lowest BCUT2D eigenvalue weighted by atomic mass is 10.2. The topological polar surface area (TPSA) is 72.9 Å². The molecule has 2 aromatic rings. The molecule has 1 aromatic carbocycles. The number of rotatable bonds is 3. The maximum Gasteiger partial charge on any atom is 0.241 e. The number of hydrogen-bond acceptors (Lipinski definition) is 3. The van der Waals surface area contributed by atoms with E-state index in [0.717, 1.165) is 0 Å². The van der Waals surface area contributed by atoms with E-state index in [-0.39, 0.29) is 5.91 Å². The number of nitrogens with one attached hydrogen (secondary N) is 1. The van der Waals surface area contributed by atoms with Crippen molar-refractivity contribution in [1.29, 1.82) is 0 Å². The van der Waals surface area contributed by atoms with Gasteiger partial charge in [-0.2, -0.15) is 0 Å². The van der Waals surface area contributed by atoms with Crippen molar-refractivity contribution >= 4 is 23.2 Å². The molecule has 0 unspecified atom stereocenters. The largest absolute Gasteiger partial charge is 0.323 e. The monoisotopic (exact) mass is 264 g/mol. The second-order valence-electron chi connectivity index (χ2n) is 3.88. The van der Waals surface area contributed by atoms with Crippen LogP contribution in [0.3, 0.4) is 0 Å². The van der Waals surface area contributed by atoms with Gasteiger partial charge < -0.3 is 15.6 Å². The van der Waals surface area contributed by atoms with Crippen molar-refractivity contribution in [2.75, 3.05) is 5.32 Å². The molecular formula is C12H13ClN4O. The smallest absolute Gasteiger partial charge is 0.241 e. The maximum absolute atomic E-state index is 11.6. The van der Waals surface area contributed by atoms with Gasteiger partial charge in [0.25, 0.3) is 0 Å². The second-order valence-corrected chi connectivity index (χ2v) is 4.29. The summed E-state index contributed by atoms with van der Waals surface area (Å²) in [7, 11) is 0. The minimum Gasteiger partial charge on any atom is -0.323 e. The predicted molar refractivity (Wildman–Crippen MR) is 70.9 cm³/mol. The summed E-state index contributed by atoms with van der Waals surface area (Å²) < 4.78 is 1.74. The molecule has 5 nitrogen and oxygen atoms in total. The average molecular weight is 265 g/mol. The fourth-order valence-corrected chi connectivity index (χ4v) is 1.79. The van der Waals surface area contributed by atoms with E-state index in [1.807, 2.05) is 0 Å². The molecule has 1 amide bonds. The van der Waals surface area contributed by atoms with Crippen LogP contribution < -0.4 is 11.1 Å². The van der Waals surface area contributed by atoms with Crippen LogP contribution in [-0.4, -0.2) is 21.5 Å². The highest BCUT2D eigenvalue weighted by atomic mass is 35.5. The number of imidazole rings is 1. The molecule has 3 N–H and O–H groups in total. The molecule has 0 aliphatic heterocycles. The van der Waals surface area contributed by atoms with Crippen LogP contribution in [0.4, 0.5) is 5.69 Å². The first-order valence-electron chi connectivity index (χ1n) is 5.43. The first-order valence-corrected chi connectivity index (χ1v) is 5.80. The third-order valence-electron chi connectivity index (χ3n) is 2.42. The van der Waals surface area contributed by atoms with Crippen LogP contribution in [0.25, 0.3) is 5.69 Å². The fourth-order valence-electron chi connectivity index (χ4n) is 1.52. The number of carbonyl (C=O) groups excluding carboxylic acids is 1. The summed E-state index contributed by atoms with van der Waals surface area (Å²) >= 11 is 6.15. The highest BCUT2D eigenvalue weighted by Crippen LogP contribution is 2.28. The number of carbonyl (C=O) groups is 1. The number of benzene rings is 1. The van der Waals surface area contributed by atoms with Crippen molar-refractivity contribution in [2.24, 2.45) is 5.73 Å². The van der Waals surface area contributed by atoms with Crippen molar-refractivity contribution in [3.05, 3.63) is 41.9 Å². The normalized spacial score (nSPS) is 12.2. The summed E-state index contributed by atoms with van der Waals surface area (Å²) in [6.45, 7) is 1.62. The predicted octanol–water partition coefficient (Wildman–Crippen LogP) is 1.81. The van der Waals surface area contributed by atoms with Gasteiger partial charge in [0.05, 0.1) is 28.8 Å². The van der Waals surface area contributed by atoms with Gasteiger partial charge in [0, 0.05) is 12.4 Å². The number of aromatic nitrogens is 2. The Morgan fingerprint density at radius 1 is 1.56 bits per heavy atom. The Morgan fingerprint density at radius 3 is 2.94 bits per heavy atom. The number of anilines is 1. The third-order valence-corrected chi connectivity index (χ3v) is 2.73. The van der Waals surface area contributed by atoms with E-state index in [0.29, 0.717) is 16.4 Å². The summed E-state index contributed by atoms with van der Waals surface area (Å²) in [4.78, 5) is 15.6. The molecule has 94 valence electrons.